The van der Waals surface area contributed by atoms with Gasteiger partial charge in [-0.3, -0.25) is 4.79 Å². The normalized spacial score (nSPS) is 14.8. The Bertz CT molecular complexity index is 356. The first kappa shape index (κ1) is 23.2. The average Bonchev–Trinajstić information content (AvgIpc) is 2.29. The number of hydrogen-bond acceptors (Lipinski definition) is 4. The smallest absolute Gasteiger partial charge is 0.192 e. The summed E-state index contributed by atoms with van der Waals surface area (Å²) in [5.41, 5.74) is 0. The second-order valence-corrected chi connectivity index (χ2v) is 15.6. The fourth-order valence-corrected chi connectivity index (χ4v) is 3.93. The van der Waals surface area contributed by atoms with Crippen LogP contribution in [0.5, 0.6) is 0 Å². The van der Waals surface area contributed by atoms with Gasteiger partial charge in [0, 0.05) is 17.8 Å². The van der Waals surface area contributed by atoms with Gasteiger partial charge in [-0.2, -0.15) is 0 Å². The average molecular weight is 363 g/mol. The topological polar surface area (TPSA) is 46.5 Å². The highest BCUT2D eigenvalue weighted by atomic mass is 32.2. The molecule has 0 aliphatic heterocycles. The van der Waals surface area contributed by atoms with Crippen LogP contribution in [0.25, 0.3) is 0 Å². The van der Waals surface area contributed by atoms with Gasteiger partial charge < -0.3 is 9.53 Å². The van der Waals surface area contributed by atoms with Crippen molar-refractivity contribution in [2.45, 2.75) is 103 Å². The number of rotatable bonds is 9. The van der Waals surface area contributed by atoms with E-state index in [1.165, 1.54) is 11.8 Å². The van der Waals surface area contributed by atoms with Crippen LogP contribution in [-0.2, 0) is 9.22 Å². The van der Waals surface area contributed by atoms with E-state index in [2.05, 4.69) is 33.9 Å². The van der Waals surface area contributed by atoms with Crippen molar-refractivity contribution in [3.05, 3.63) is 0 Å². The van der Waals surface area contributed by atoms with Crippen LogP contribution in [-0.4, -0.2) is 36.0 Å². The Morgan fingerprint density at radius 2 is 1.65 bits per heavy atom. The molecule has 0 heterocycles. The highest BCUT2D eigenvalue weighted by Gasteiger charge is 2.36. The summed E-state index contributed by atoms with van der Waals surface area (Å²) in [4.78, 5) is 11.8. The summed E-state index contributed by atoms with van der Waals surface area (Å²) < 4.78 is 6.07. The number of carbonyl (C=O) groups is 1. The zero-order valence-corrected chi connectivity index (χ0v) is 18.3. The van der Waals surface area contributed by atoms with Gasteiger partial charge in [-0.15, -0.1) is 0 Å². The summed E-state index contributed by atoms with van der Waals surface area (Å²) in [5, 5.41) is 10.3. The third kappa shape index (κ3) is 11.4. The van der Waals surface area contributed by atoms with Gasteiger partial charge in [-0.1, -0.05) is 66.1 Å². The van der Waals surface area contributed by atoms with Gasteiger partial charge in [0.1, 0.15) is 0 Å². The number of thioether (sulfide) groups is 1. The van der Waals surface area contributed by atoms with E-state index in [1.54, 1.807) is 0 Å². The fourth-order valence-electron chi connectivity index (χ4n) is 1.88. The first-order chi connectivity index (χ1) is 10.2. The van der Waals surface area contributed by atoms with Crippen LogP contribution in [0.2, 0.25) is 18.1 Å². The lowest BCUT2D eigenvalue weighted by molar-refractivity contribution is -0.112. The molecule has 0 aromatic heterocycles. The van der Waals surface area contributed by atoms with Crippen LogP contribution >= 0.6 is 11.8 Å². The molecule has 0 bridgehead atoms. The maximum Gasteiger partial charge on any atom is 0.192 e. The third-order valence-electron chi connectivity index (χ3n) is 4.27. The molecule has 1 atom stereocenters. The monoisotopic (exact) mass is 362 g/mol. The molecule has 0 radical (unpaired) electrons. The molecule has 0 rings (SSSR count). The van der Waals surface area contributed by atoms with Crippen LogP contribution in [0.4, 0.5) is 0 Å². The molecule has 0 fully saturated rings. The molecule has 0 aromatic carbocycles. The zero-order chi connectivity index (χ0) is 18.3. The molecular weight excluding hydrogens is 324 g/mol. The summed E-state index contributed by atoms with van der Waals surface area (Å²) in [6.07, 6.45) is 3.50. The maximum atomic E-state index is 11.8. The second-order valence-electron chi connectivity index (χ2n) is 8.90. The predicted molar refractivity (Wildman–Crippen MR) is 105 cm³/mol. The Morgan fingerprint density at radius 3 is 2.13 bits per heavy atom. The molecule has 23 heavy (non-hydrogen) atoms. The first-order valence-corrected chi connectivity index (χ1v) is 12.5. The van der Waals surface area contributed by atoms with Crippen molar-refractivity contribution in [3.63, 3.8) is 0 Å². The minimum absolute atomic E-state index is 0.0715. The molecule has 138 valence electrons. The summed E-state index contributed by atoms with van der Waals surface area (Å²) in [7, 11) is -1.63. The van der Waals surface area contributed by atoms with E-state index >= 15 is 0 Å². The minimum Gasteiger partial charge on any atom is -0.417 e. The number of aliphatic hydroxyl groups excluding tert-OH is 1. The van der Waals surface area contributed by atoms with E-state index in [9.17, 15) is 9.90 Å². The van der Waals surface area contributed by atoms with Gasteiger partial charge >= 0.3 is 0 Å². The predicted octanol–water partition coefficient (Wildman–Crippen LogP) is 5.38. The molecule has 0 saturated carbocycles. The van der Waals surface area contributed by atoms with E-state index in [0.717, 1.165) is 25.9 Å². The molecule has 0 spiro atoms. The summed E-state index contributed by atoms with van der Waals surface area (Å²) in [6.45, 7) is 18.2. The van der Waals surface area contributed by atoms with Crippen molar-refractivity contribution in [1.82, 2.24) is 0 Å². The first-order valence-electron chi connectivity index (χ1n) is 8.78. The zero-order valence-electron chi connectivity index (χ0n) is 16.5. The van der Waals surface area contributed by atoms with Crippen molar-refractivity contribution < 1.29 is 14.3 Å². The van der Waals surface area contributed by atoms with E-state index in [1.807, 2.05) is 20.8 Å². The van der Waals surface area contributed by atoms with Crippen LogP contribution in [0.1, 0.15) is 73.6 Å². The Labute approximate surface area is 149 Å². The molecule has 0 aliphatic carbocycles. The second kappa shape index (κ2) is 9.59. The largest absolute Gasteiger partial charge is 0.417 e. The molecule has 3 nitrogen and oxygen atoms in total. The van der Waals surface area contributed by atoms with E-state index in [-0.39, 0.29) is 21.3 Å². The van der Waals surface area contributed by atoms with Gasteiger partial charge in [-0.05, 0) is 31.0 Å². The van der Waals surface area contributed by atoms with Crippen LogP contribution in [0.15, 0.2) is 0 Å². The fraction of sp³-hybridized carbons (Fsp3) is 0.944. The number of hydrogen-bond donors (Lipinski definition) is 1. The van der Waals surface area contributed by atoms with Gasteiger partial charge in [0.25, 0.3) is 0 Å². The van der Waals surface area contributed by atoms with E-state index < -0.39 is 14.4 Å². The van der Waals surface area contributed by atoms with Gasteiger partial charge in [0.2, 0.25) is 0 Å². The van der Waals surface area contributed by atoms with E-state index in [4.69, 9.17) is 4.43 Å². The molecule has 0 saturated heterocycles. The lowest BCUT2D eigenvalue weighted by Crippen LogP contribution is -2.40. The number of aliphatic hydroxyl groups is 1. The number of unbranched alkanes of at least 4 members (excludes halogenated alkanes) is 2. The quantitative estimate of drug-likeness (QED) is 0.442. The minimum atomic E-state index is -1.63. The van der Waals surface area contributed by atoms with Gasteiger partial charge in [0.15, 0.2) is 13.4 Å². The van der Waals surface area contributed by atoms with E-state index in [0.29, 0.717) is 6.42 Å². The third-order valence-corrected chi connectivity index (χ3v) is 9.82. The van der Waals surface area contributed by atoms with Crippen molar-refractivity contribution in [2.24, 2.45) is 0 Å². The SMILES string of the molecule is CC(C)(C)SC(=O)C[C@@H](O)CCCCCO[Si](C)(C)C(C)(C)C. The van der Waals surface area contributed by atoms with Crippen molar-refractivity contribution in [2.75, 3.05) is 6.61 Å². The molecule has 0 aliphatic rings. The Morgan fingerprint density at radius 1 is 1.09 bits per heavy atom. The Balaban J connectivity index is 3.79. The lowest BCUT2D eigenvalue weighted by Gasteiger charge is -2.36. The summed E-state index contributed by atoms with van der Waals surface area (Å²) >= 11 is 1.32. The maximum absolute atomic E-state index is 11.8. The highest BCUT2D eigenvalue weighted by molar-refractivity contribution is 8.14. The van der Waals surface area contributed by atoms with Gasteiger partial charge in [-0.25, -0.2) is 0 Å². The van der Waals surface area contributed by atoms with Crippen molar-refractivity contribution in [1.29, 1.82) is 0 Å². The molecular formula is C18H38O3SSi. The van der Waals surface area contributed by atoms with Crippen molar-refractivity contribution >= 4 is 25.2 Å². The summed E-state index contributed by atoms with van der Waals surface area (Å²) in [6, 6.07) is 0. The molecule has 0 unspecified atom stereocenters. The molecule has 0 aromatic rings. The van der Waals surface area contributed by atoms with Crippen LogP contribution < -0.4 is 0 Å². The van der Waals surface area contributed by atoms with Crippen LogP contribution in [0.3, 0.4) is 0 Å². The molecule has 5 heteroatoms. The van der Waals surface area contributed by atoms with Gasteiger partial charge in [0.05, 0.1) is 6.10 Å². The Hall–Kier alpha value is 0.157. The van der Waals surface area contributed by atoms with Crippen molar-refractivity contribution in [3.8, 4) is 0 Å². The summed E-state index contributed by atoms with van der Waals surface area (Å²) in [5.74, 6) is 0. The Kier molecular flexibility index (Phi) is 9.66. The molecule has 0 amide bonds. The lowest BCUT2D eigenvalue weighted by atomic mass is 10.1. The van der Waals surface area contributed by atoms with Crippen LogP contribution in [0, 0.1) is 0 Å². The number of carbonyl (C=O) groups excluding carboxylic acids is 1. The molecule has 1 N–H and O–H groups in total. The standard InChI is InChI=1S/C18H38O3SSi/c1-17(2,3)22-16(20)14-15(19)12-10-9-11-13-21-23(7,8)18(4,5)6/h15,19H,9-14H2,1-8H3/t15-/m0/s1. The highest BCUT2D eigenvalue weighted by Crippen LogP contribution is 2.36.